The number of aliphatic hydroxyl groups is 1. The number of amides is 2. The summed E-state index contributed by atoms with van der Waals surface area (Å²) in [5, 5.41) is 13.9. The van der Waals surface area contributed by atoms with Crippen LogP contribution >= 0.6 is 0 Å². The number of ether oxygens (including phenoxy) is 2. The topological polar surface area (TPSA) is 96.9 Å². The van der Waals surface area contributed by atoms with Crippen LogP contribution in [0.15, 0.2) is 54.2 Å². The Labute approximate surface area is 188 Å². The van der Waals surface area contributed by atoms with Gasteiger partial charge >= 0.3 is 6.36 Å². The van der Waals surface area contributed by atoms with Crippen molar-refractivity contribution in [2.24, 2.45) is 5.92 Å². The average molecular weight is 464 g/mol. The molecule has 0 atom stereocenters. The van der Waals surface area contributed by atoms with Crippen molar-refractivity contribution in [1.29, 1.82) is 0 Å². The summed E-state index contributed by atoms with van der Waals surface area (Å²) in [6.45, 7) is 0.135. The minimum Gasteiger partial charge on any atom is -0.492 e. The number of para-hydroxylation sites is 1. The first-order valence-corrected chi connectivity index (χ1v) is 10.2. The SMILES string of the molecule is O=C(NCCO)C(=Cc1ccc(OC(F)(F)F)cc1)NC(=O)c1ccccc1OCC1CC1. The van der Waals surface area contributed by atoms with Gasteiger partial charge in [-0.05, 0) is 54.7 Å². The van der Waals surface area contributed by atoms with Crippen molar-refractivity contribution in [3.63, 3.8) is 0 Å². The number of rotatable bonds is 10. The first-order valence-electron chi connectivity index (χ1n) is 10.2. The molecule has 176 valence electrons. The number of benzene rings is 2. The molecule has 10 heteroatoms. The van der Waals surface area contributed by atoms with E-state index in [1.165, 1.54) is 18.2 Å². The molecule has 2 aromatic rings. The van der Waals surface area contributed by atoms with Crippen LogP contribution in [0.5, 0.6) is 11.5 Å². The van der Waals surface area contributed by atoms with Crippen LogP contribution in [-0.4, -0.2) is 43.0 Å². The van der Waals surface area contributed by atoms with Gasteiger partial charge in [0.2, 0.25) is 0 Å². The monoisotopic (exact) mass is 464 g/mol. The number of hydrogen-bond acceptors (Lipinski definition) is 5. The zero-order chi connectivity index (χ0) is 23.8. The van der Waals surface area contributed by atoms with Crippen LogP contribution in [0.1, 0.15) is 28.8 Å². The predicted octanol–water partition coefficient (Wildman–Crippen LogP) is 3.25. The minimum atomic E-state index is -4.82. The van der Waals surface area contributed by atoms with Crippen LogP contribution in [0, 0.1) is 5.92 Å². The molecule has 0 aliphatic heterocycles. The number of halogens is 3. The summed E-state index contributed by atoms with van der Waals surface area (Å²) in [5.74, 6) is -0.833. The second-order valence-corrected chi connectivity index (χ2v) is 7.36. The Bertz CT molecular complexity index is 1000. The lowest BCUT2D eigenvalue weighted by atomic mass is 10.1. The average Bonchev–Trinajstić information content (AvgIpc) is 3.60. The molecule has 3 rings (SSSR count). The first-order chi connectivity index (χ1) is 15.7. The standard InChI is InChI=1S/C23H23F3N2O5/c24-23(25,26)33-17-9-7-15(8-10-17)13-19(22(31)27-11-12-29)28-21(30)18-3-1-2-4-20(18)32-14-16-5-6-16/h1-4,7-10,13,16,29H,5-6,11-12,14H2,(H,27,31)(H,28,30). The van der Waals surface area contributed by atoms with Gasteiger partial charge in [0.15, 0.2) is 0 Å². The molecule has 0 radical (unpaired) electrons. The van der Waals surface area contributed by atoms with Crippen LogP contribution < -0.4 is 20.1 Å². The maximum absolute atomic E-state index is 12.9. The lowest BCUT2D eigenvalue weighted by Gasteiger charge is -2.14. The Morgan fingerprint density at radius 3 is 2.42 bits per heavy atom. The Hall–Kier alpha value is -3.53. The fourth-order valence-electron chi connectivity index (χ4n) is 2.82. The van der Waals surface area contributed by atoms with Gasteiger partial charge in [-0.2, -0.15) is 0 Å². The van der Waals surface area contributed by atoms with E-state index in [0.29, 0.717) is 23.8 Å². The number of carbonyl (C=O) groups excluding carboxylic acids is 2. The van der Waals surface area contributed by atoms with Gasteiger partial charge < -0.3 is 25.2 Å². The van der Waals surface area contributed by atoms with Gasteiger partial charge in [-0.1, -0.05) is 24.3 Å². The number of nitrogens with one attached hydrogen (secondary N) is 2. The van der Waals surface area contributed by atoms with E-state index in [9.17, 15) is 22.8 Å². The van der Waals surface area contributed by atoms with Crippen molar-refractivity contribution < 1.29 is 37.3 Å². The van der Waals surface area contributed by atoms with Crippen LogP contribution in [-0.2, 0) is 4.79 Å². The van der Waals surface area contributed by atoms with E-state index in [4.69, 9.17) is 9.84 Å². The third kappa shape index (κ3) is 7.83. The van der Waals surface area contributed by atoms with Crippen molar-refractivity contribution in [2.75, 3.05) is 19.8 Å². The van der Waals surface area contributed by atoms with E-state index in [2.05, 4.69) is 15.4 Å². The number of aliphatic hydroxyl groups excluding tert-OH is 1. The molecule has 3 N–H and O–H groups in total. The largest absolute Gasteiger partial charge is 0.573 e. The second-order valence-electron chi connectivity index (χ2n) is 7.36. The lowest BCUT2D eigenvalue weighted by molar-refractivity contribution is -0.274. The first kappa shape index (κ1) is 24.1. The Balaban J connectivity index is 1.79. The molecule has 1 fully saturated rings. The van der Waals surface area contributed by atoms with E-state index in [1.807, 2.05) is 0 Å². The molecule has 0 aromatic heterocycles. The summed E-state index contributed by atoms with van der Waals surface area (Å²) in [4.78, 5) is 25.4. The van der Waals surface area contributed by atoms with Crippen molar-refractivity contribution in [1.82, 2.24) is 10.6 Å². The highest BCUT2D eigenvalue weighted by atomic mass is 19.4. The highest BCUT2D eigenvalue weighted by molar-refractivity contribution is 6.06. The van der Waals surface area contributed by atoms with Crippen molar-refractivity contribution in [2.45, 2.75) is 19.2 Å². The fourth-order valence-corrected chi connectivity index (χ4v) is 2.82. The number of alkyl halides is 3. The molecule has 1 aliphatic carbocycles. The molecule has 0 saturated heterocycles. The molecular formula is C23H23F3N2O5. The molecule has 0 bridgehead atoms. The Kier molecular flexibility index (Phi) is 7.94. The number of carbonyl (C=O) groups is 2. The fraction of sp³-hybridized carbons (Fsp3) is 0.304. The molecule has 1 saturated carbocycles. The minimum absolute atomic E-state index is 0.0501. The van der Waals surface area contributed by atoms with Crippen molar-refractivity contribution in [3.05, 3.63) is 65.4 Å². The summed E-state index contributed by atoms with van der Waals surface area (Å²) >= 11 is 0. The Morgan fingerprint density at radius 2 is 1.79 bits per heavy atom. The van der Waals surface area contributed by atoms with Gasteiger partial charge in [-0.25, -0.2) is 0 Å². The van der Waals surface area contributed by atoms with E-state index in [0.717, 1.165) is 25.0 Å². The van der Waals surface area contributed by atoms with Crippen LogP contribution in [0.25, 0.3) is 6.08 Å². The molecule has 1 aliphatic rings. The molecule has 2 aromatic carbocycles. The molecule has 33 heavy (non-hydrogen) atoms. The maximum Gasteiger partial charge on any atom is 0.573 e. The smallest absolute Gasteiger partial charge is 0.492 e. The van der Waals surface area contributed by atoms with Gasteiger partial charge in [-0.3, -0.25) is 9.59 Å². The highest BCUT2D eigenvalue weighted by Crippen LogP contribution is 2.30. The summed E-state index contributed by atoms with van der Waals surface area (Å²) < 4.78 is 46.6. The molecule has 2 amide bonds. The molecular weight excluding hydrogens is 441 g/mol. The third-order valence-corrected chi connectivity index (χ3v) is 4.62. The lowest BCUT2D eigenvalue weighted by Crippen LogP contribution is -2.36. The quantitative estimate of drug-likeness (QED) is 0.469. The van der Waals surface area contributed by atoms with Crippen LogP contribution in [0.4, 0.5) is 13.2 Å². The van der Waals surface area contributed by atoms with Crippen molar-refractivity contribution >= 4 is 17.9 Å². The van der Waals surface area contributed by atoms with E-state index >= 15 is 0 Å². The summed E-state index contributed by atoms with van der Waals surface area (Å²) in [7, 11) is 0. The second kappa shape index (κ2) is 10.9. The maximum atomic E-state index is 12.9. The van der Waals surface area contributed by atoms with Gasteiger partial charge in [0.1, 0.15) is 17.2 Å². The van der Waals surface area contributed by atoms with E-state index in [1.54, 1.807) is 24.3 Å². The normalized spacial score (nSPS) is 13.9. The summed E-state index contributed by atoms with van der Waals surface area (Å²) in [6.07, 6.45) is -1.36. The molecule has 0 unspecified atom stereocenters. The highest BCUT2D eigenvalue weighted by Gasteiger charge is 2.31. The summed E-state index contributed by atoms with van der Waals surface area (Å²) in [5.41, 5.74) is 0.417. The zero-order valence-electron chi connectivity index (χ0n) is 17.5. The molecule has 7 nitrogen and oxygen atoms in total. The van der Waals surface area contributed by atoms with Gasteiger partial charge in [0.25, 0.3) is 11.8 Å². The summed E-state index contributed by atoms with van der Waals surface area (Å²) in [6, 6.07) is 11.4. The molecule has 0 spiro atoms. The van der Waals surface area contributed by atoms with E-state index in [-0.39, 0.29) is 24.4 Å². The number of hydrogen-bond donors (Lipinski definition) is 3. The van der Waals surface area contributed by atoms with Gasteiger partial charge in [0.05, 0.1) is 18.8 Å². The third-order valence-electron chi connectivity index (χ3n) is 4.62. The Morgan fingerprint density at radius 1 is 1.09 bits per heavy atom. The van der Waals surface area contributed by atoms with Crippen LogP contribution in [0.2, 0.25) is 0 Å². The van der Waals surface area contributed by atoms with Gasteiger partial charge in [0, 0.05) is 6.54 Å². The van der Waals surface area contributed by atoms with Gasteiger partial charge in [-0.15, -0.1) is 13.2 Å². The van der Waals surface area contributed by atoms with Crippen LogP contribution in [0.3, 0.4) is 0 Å². The molecule has 0 heterocycles. The van der Waals surface area contributed by atoms with E-state index < -0.39 is 23.9 Å². The van der Waals surface area contributed by atoms with Crippen molar-refractivity contribution in [3.8, 4) is 11.5 Å². The zero-order valence-corrected chi connectivity index (χ0v) is 17.5. The predicted molar refractivity (Wildman–Crippen MR) is 113 cm³/mol.